The van der Waals surface area contributed by atoms with Gasteiger partial charge in [-0.05, 0) is 80.6 Å². The highest BCUT2D eigenvalue weighted by atomic mass is 35.5. The molecule has 0 N–H and O–H groups in total. The third kappa shape index (κ3) is 5.57. The van der Waals surface area contributed by atoms with Crippen molar-refractivity contribution in [2.24, 2.45) is 23.7 Å². The van der Waals surface area contributed by atoms with Gasteiger partial charge < -0.3 is 4.74 Å². The van der Waals surface area contributed by atoms with Gasteiger partial charge in [0.1, 0.15) is 0 Å². The summed E-state index contributed by atoms with van der Waals surface area (Å²) in [6, 6.07) is 3.38. The van der Waals surface area contributed by atoms with Crippen LogP contribution in [-0.2, 0) is 17.8 Å². The second kappa shape index (κ2) is 10.7. The fraction of sp³-hybridized carbons (Fsp3) is 0.667. The molecule has 0 aromatic heterocycles. The van der Waals surface area contributed by atoms with Crippen molar-refractivity contribution in [2.75, 3.05) is 7.11 Å². The van der Waals surface area contributed by atoms with Gasteiger partial charge in [0.25, 0.3) is 0 Å². The second-order valence-electron chi connectivity index (χ2n) is 8.76. The number of aryl methyl sites for hydroxylation is 1. The normalized spacial score (nSPS) is 28.7. The number of allylic oxidation sites excluding steroid dienone is 1. The minimum absolute atomic E-state index is 0.108. The topological polar surface area (TPSA) is 9.23 Å². The molecule has 2 aliphatic carbocycles. The van der Waals surface area contributed by atoms with Gasteiger partial charge in [-0.3, -0.25) is 0 Å². The van der Waals surface area contributed by atoms with E-state index in [9.17, 15) is 8.78 Å². The Balaban J connectivity index is 1.43. The molecule has 156 valence electrons. The molecule has 0 bridgehead atoms. The van der Waals surface area contributed by atoms with Crippen molar-refractivity contribution >= 4 is 11.6 Å². The van der Waals surface area contributed by atoms with Crippen molar-refractivity contribution in [3.05, 3.63) is 46.5 Å². The molecule has 1 nitrogen and oxygen atoms in total. The molecule has 0 amide bonds. The van der Waals surface area contributed by atoms with E-state index in [0.29, 0.717) is 29.4 Å². The Bertz CT molecular complexity index is 644. The quantitative estimate of drug-likeness (QED) is 0.454. The van der Waals surface area contributed by atoms with E-state index in [2.05, 4.69) is 6.08 Å². The van der Waals surface area contributed by atoms with Gasteiger partial charge in [0.05, 0.1) is 6.61 Å². The number of halogens is 3. The van der Waals surface area contributed by atoms with Crippen LogP contribution >= 0.6 is 11.6 Å². The van der Waals surface area contributed by atoms with E-state index >= 15 is 0 Å². The zero-order valence-electron chi connectivity index (χ0n) is 16.9. The molecule has 3 rings (SSSR count). The molecular formula is C24H33ClF2O. The molecule has 2 fully saturated rings. The average molecular weight is 411 g/mol. The first-order valence-electron chi connectivity index (χ1n) is 10.8. The van der Waals surface area contributed by atoms with Crippen molar-refractivity contribution in [3.63, 3.8) is 0 Å². The predicted molar refractivity (Wildman–Crippen MR) is 111 cm³/mol. The van der Waals surface area contributed by atoms with Crippen LogP contribution in [0.25, 0.3) is 0 Å². The van der Waals surface area contributed by atoms with Crippen LogP contribution in [0.15, 0.2) is 23.7 Å². The fourth-order valence-electron chi connectivity index (χ4n) is 5.31. The standard InChI is InChI=1S/C24H33ClF2O/c1-28-16-22-13-12-21(23(26)24(22)27)11-6-17-2-7-19(8-3-17)20-9-4-18(5-10-20)14-15-25/h12-15,17-20H,2-11,16H2,1H3/b15-14+. The Hall–Kier alpha value is -0.930. The van der Waals surface area contributed by atoms with E-state index in [1.165, 1.54) is 58.5 Å². The van der Waals surface area contributed by atoms with Gasteiger partial charge in [-0.1, -0.05) is 42.7 Å². The first kappa shape index (κ1) is 21.8. The molecule has 0 heterocycles. The molecule has 1 aromatic rings. The first-order chi connectivity index (χ1) is 13.6. The lowest BCUT2D eigenvalue weighted by Crippen LogP contribution is -2.25. The van der Waals surface area contributed by atoms with E-state index < -0.39 is 11.6 Å². The van der Waals surface area contributed by atoms with Gasteiger partial charge in [-0.25, -0.2) is 8.78 Å². The second-order valence-corrected chi connectivity index (χ2v) is 9.01. The highest BCUT2D eigenvalue weighted by Gasteiger charge is 2.30. The van der Waals surface area contributed by atoms with Crippen molar-refractivity contribution in [2.45, 2.75) is 70.8 Å². The zero-order chi connectivity index (χ0) is 19.9. The van der Waals surface area contributed by atoms with Crippen molar-refractivity contribution in [1.82, 2.24) is 0 Å². The summed E-state index contributed by atoms with van der Waals surface area (Å²) in [5.74, 6) is 1.62. The fourth-order valence-corrected chi connectivity index (χ4v) is 5.51. The van der Waals surface area contributed by atoms with Crippen LogP contribution in [-0.4, -0.2) is 7.11 Å². The maximum Gasteiger partial charge on any atom is 0.164 e. The van der Waals surface area contributed by atoms with Gasteiger partial charge in [0.2, 0.25) is 0 Å². The monoisotopic (exact) mass is 410 g/mol. The molecule has 0 radical (unpaired) electrons. The molecule has 2 saturated carbocycles. The predicted octanol–water partition coefficient (Wildman–Crippen LogP) is 7.41. The van der Waals surface area contributed by atoms with Crippen LogP contribution in [0.3, 0.4) is 0 Å². The number of methoxy groups -OCH3 is 1. The first-order valence-corrected chi connectivity index (χ1v) is 11.3. The van der Waals surface area contributed by atoms with Gasteiger partial charge in [-0.15, -0.1) is 0 Å². The van der Waals surface area contributed by atoms with Crippen molar-refractivity contribution < 1.29 is 13.5 Å². The Morgan fingerprint density at radius 3 is 2.11 bits per heavy atom. The Morgan fingerprint density at radius 2 is 1.50 bits per heavy atom. The molecule has 4 heteroatoms. The third-order valence-corrected chi connectivity index (χ3v) is 7.23. The van der Waals surface area contributed by atoms with Gasteiger partial charge in [-0.2, -0.15) is 0 Å². The van der Waals surface area contributed by atoms with Crippen LogP contribution in [0.2, 0.25) is 0 Å². The number of hydrogen-bond donors (Lipinski definition) is 0. The van der Waals surface area contributed by atoms with E-state index in [0.717, 1.165) is 18.3 Å². The third-order valence-electron chi connectivity index (χ3n) is 7.08. The Kier molecular flexibility index (Phi) is 8.35. The summed E-state index contributed by atoms with van der Waals surface area (Å²) in [5.41, 5.74) is 2.47. The lowest BCUT2D eigenvalue weighted by Gasteiger charge is -2.37. The smallest absolute Gasteiger partial charge is 0.164 e. The molecule has 0 aliphatic heterocycles. The minimum Gasteiger partial charge on any atom is -0.380 e. The zero-order valence-corrected chi connectivity index (χ0v) is 17.7. The number of ether oxygens (including phenoxy) is 1. The molecule has 28 heavy (non-hydrogen) atoms. The van der Waals surface area contributed by atoms with Crippen molar-refractivity contribution in [1.29, 1.82) is 0 Å². The molecule has 0 spiro atoms. The maximum absolute atomic E-state index is 14.3. The molecular weight excluding hydrogens is 378 g/mol. The molecule has 0 atom stereocenters. The number of rotatable bonds is 7. The van der Waals surface area contributed by atoms with E-state index in [4.69, 9.17) is 16.3 Å². The summed E-state index contributed by atoms with van der Waals surface area (Å²) in [5, 5.41) is 0. The summed E-state index contributed by atoms with van der Waals surface area (Å²) in [6.07, 6.45) is 14.0. The summed E-state index contributed by atoms with van der Waals surface area (Å²) in [4.78, 5) is 0. The molecule has 0 saturated heterocycles. The van der Waals surface area contributed by atoms with Gasteiger partial charge in [0, 0.05) is 18.2 Å². The number of hydrogen-bond acceptors (Lipinski definition) is 1. The highest BCUT2D eigenvalue weighted by molar-refractivity contribution is 6.25. The van der Waals surface area contributed by atoms with Gasteiger partial charge >= 0.3 is 0 Å². The van der Waals surface area contributed by atoms with Crippen molar-refractivity contribution in [3.8, 4) is 0 Å². The summed E-state index contributed by atoms with van der Waals surface area (Å²) in [7, 11) is 1.49. The van der Waals surface area contributed by atoms with E-state index in [1.54, 1.807) is 17.7 Å². The van der Waals surface area contributed by atoms with Crippen LogP contribution in [0.4, 0.5) is 8.78 Å². The average Bonchev–Trinajstić information content (AvgIpc) is 2.72. The summed E-state index contributed by atoms with van der Waals surface area (Å²) in [6.45, 7) is 0.108. The van der Waals surface area contributed by atoms with Gasteiger partial charge in [0.15, 0.2) is 11.6 Å². The maximum atomic E-state index is 14.3. The van der Waals surface area contributed by atoms with E-state index in [-0.39, 0.29) is 6.61 Å². The molecule has 1 aromatic carbocycles. The SMILES string of the molecule is COCc1ccc(CCC2CCC(C3CCC(/C=C/Cl)CC3)CC2)c(F)c1F. The molecule has 0 unspecified atom stereocenters. The highest BCUT2D eigenvalue weighted by Crippen LogP contribution is 2.42. The number of benzene rings is 1. The van der Waals surface area contributed by atoms with Crippen LogP contribution < -0.4 is 0 Å². The summed E-state index contributed by atoms with van der Waals surface area (Å²) < 4.78 is 33.3. The van der Waals surface area contributed by atoms with Crippen LogP contribution in [0, 0.1) is 35.3 Å². The Labute approximate surface area is 173 Å². The lowest BCUT2D eigenvalue weighted by molar-refractivity contribution is 0.152. The summed E-state index contributed by atoms with van der Waals surface area (Å²) >= 11 is 5.72. The van der Waals surface area contributed by atoms with Crippen LogP contribution in [0.1, 0.15) is 68.9 Å². The van der Waals surface area contributed by atoms with Crippen LogP contribution in [0.5, 0.6) is 0 Å². The largest absolute Gasteiger partial charge is 0.380 e. The Morgan fingerprint density at radius 1 is 0.929 bits per heavy atom. The van der Waals surface area contributed by atoms with E-state index in [1.807, 2.05) is 0 Å². The lowest BCUT2D eigenvalue weighted by atomic mass is 9.68. The minimum atomic E-state index is -0.748. The molecule has 2 aliphatic rings.